The Morgan fingerprint density at radius 2 is 1.94 bits per heavy atom. The molecule has 3 fully saturated rings. The van der Waals surface area contributed by atoms with Crippen molar-refractivity contribution in [1.29, 1.82) is 0 Å². The molecule has 9 heteroatoms. The van der Waals surface area contributed by atoms with Gasteiger partial charge < -0.3 is 14.1 Å². The average Bonchev–Trinajstić information content (AvgIpc) is 3.56. The van der Waals surface area contributed by atoms with Crippen LogP contribution in [0.25, 0.3) is 11.1 Å². The van der Waals surface area contributed by atoms with Gasteiger partial charge in [0.2, 0.25) is 5.91 Å². The Labute approximate surface area is 211 Å². The first-order valence-corrected chi connectivity index (χ1v) is 13.8. The lowest BCUT2D eigenvalue weighted by Gasteiger charge is -2.35. The smallest absolute Gasteiger partial charge is 0.411 e. The molecular formula is C26H36N4O4S. The summed E-state index contributed by atoms with van der Waals surface area (Å²) in [6.07, 6.45) is 2.18. The van der Waals surface area contributed by atoms with Gasteiger partial charge in [-0.05, 0) is 77.7 Å². The molecule has 1 aromatic carbocycles. The van der Waals surface area contributed by atoms with E-state index in [0.29, 0.717) is 24.8 Å². The molecule has 0 N–H and O–H groups in total. The Hall–Kier alpha value is -2.26. The van der Waals surface area contributed by atoms with Gasteiger partial charge in [0.25, 0.3) is 0 Å². The van der Waals surface area contributed by atoms with Gasteiger partial charge in [-0.3, -0.25) is 14.6 Å². The summed E-state index contributed by atoms with van der Waals surface area (Å²) in [5.41, 5.74) is 2.36. The van der Waals surface area contributed by atoms with Gasteiger partial charge in [0.15, 0.2) is 11.5 Å². The number of hydrogen-bond donors (Lipinski definition) is 0. The molecule has 3 aliphatic rings. The Bertz CT molecular complexity index is 1080. The lowest BCUT2D eigenvalue weighted by molar-refractivity contribution is -0.134. The average molecular weight is 501 g/mol. The summed E-state index contributed by atoms with van der Waals surface area (Å²) in [6.45, 7) is 10.7. The Morgan fingerprint density at radius 1 is 1.17 bits per heavy atom. The van der Waals surface area contributed by atoms with Gasteiger partial charge in [-0.2, -0.15) is 0 Å². The molecule has 2 aromatic rings. The molecule has 1 aromatic heterocycles. The van der Waals surface area contributed by atoms with Gasteiger partial charge in [-0.25, -0.2) is 9.78 Å². The second kappa shape index (κ2) is 9.65. The van der Waals surface area contributed by atoms with E-state index >= 15 is 0 Å². The minimum Gasteiger partial charge on any atom is -0.444 e. The predicted octanol–water partition coefficient (Wildman–Crippen LogP) is 4.23. The number of carbonyl (C=O) groups is 2. The fourth-order valence-corrected chi connectivity index (χ4v) is 6.33. The SMILES string of the molecule is Cc1ccc2oc(C3CCN(C4CC(C(=O)N5CCSC5)N(C(=O)OC(C)(C)C)C4)CC3)nc2c1. The third-order valence-corrected chi connectivity index (χ3v) is 8.18. The van der Waals surface area contributed by atoms with E-state index in [1.54, 1.807) is 16.7 Å². The van der Waals surface area contributed by atoms with Crippen molar-refractivity contribution in [2.24, 2.45) is 0 Å². The number of amides is 2. The summed E-state index contributed by atoms with van der Waals surface area (Å²) in [4.78, 5) is 37.1. The van der Waals surface area contributed by atoms with Gasteiger partial charge in [0.1, 0.15) is 17.2 Å². The van der Waals surface area contributed by atoms with Crippen LogP contribution in [0.4, 0.5) is 4.79 Å². The fourth-order valence-electron chi connectivity index (χ4n) is 5.37. The van der Waals surface area contributed by atoms with Crippen molar-refractivity contribution in [3.63, 3.8) is 0 Å². The maximum absolute atomic E-state index is 13.3. The summed E-state index contributed by atoms with van der Waals surface area (Å²) < 4.78 is 11.8. The Morgan fingerprint density at radius 3 is 2.63 bits per heavy atom. The highest BCUT2D eigenvalue weighted by atomic mass is 32.2. The summed E-state index contributed by atoms with van der Waals surface area (Å²) in [7, 11) is 0. The van der Waals surface area contributed by atoms with Crippen molar-refractivity contribution in [2.45, 2.75) is 70.6 Å². The Balaban J connectivity index is 1.26. The number of thioether (sulfide) groups is 1. The maximum atomic E-state index is 13.3. The molecule has 2 atom stereocenters. The molecule has 4 heterocycles. The molecule has 0 saturated carbocycles. The summed E-state index contributed by atoms with van der Waals surface area (Å²) >= 11 is 1.76. The van der Waals surface area contributed by atoms with E-state index in [2.05, 4.69) is 24.0 Å². The third-order valence-electron chi connectivity index (χ3n) is 7.21. The first-order valence-electron chi connectivity index (χ1n) is 12.7. The number of hydrogen-bond acceptors (Lipinski definition) is 7. The van der Waals surface area contributed by atoms with E-state index in [-0.39, 0.29) is 18.0 Å². The van der Waals surface area contributed by atoms with Gasteiger partial charge in [-0.1, -0.05) is 6.07 Å². The first-order chi connectivity index (χ1) is 16.7. The highest BCUT2D eigenvalue weighted by Gasteiger charge is 2.45. The van der Waals surface area contributed by atoms with E-state index in [1.165, 1.54) is 5.56 Å². The number of piperidine rings is 1. The molecular weight excluding hydrogens is 464 g/mol. The van der Waals surface area contributed by atoms with Crippen LogP contribution < -0.4 is 0 Å². The van der Waals surface area contributed by atoms with Crippen molar-refractivity contribution in [3.8, 4) is 0 Å². The van der Waals surface area contributed by atoms with Crippen LogP contribution in [0.5, 0.6) is 0 Å². The van der Waals surface area contributed by atoms with Crippen LogP contribution in [0.15, 0.2) is 22.6 Å². The van der Waals surface area contributed by atoms with E-state index in [0.717, 1.165) is 55.2 Å². The van der Waals surface area contributed by atoms with Crippen LogP contribution in [-0.2, 0) is 9.53 Å². The van der Waals surface area contributed by atoms with Crippen LogP contribution in [0.2, 0.25) is 0 Å². The van der Waals surface area contributed by atoms with Crippen LogP contribution in [0, 0.1) is 6.92 Å². The molecule has 0 aliphatic carbocycles. The maximum Gasteiger partial charge on any atom is 0.411 e. The summed E-state index contributed by atoms with van der Waals surface area (Å²) in [6, 6.07) is 5.81. The van der Waals surface area contributed by atoms with Crippen molar-refractivity contribution in [1.82, 2.24) is 19.7 Å². The number of benzene rings is 1. The molecule has 8 nitrogen and oxygen atoms in total. The lowest BCUT2D eigenvalue weighted by atomic mass is 9.95. The zero-order valence-electron chi connectivity index (χ0n) is 21.2. The van der Waals surface area contributed by atoms with E-state index in [9.17, 15) is 9.59 Å². The summed E-state index contributed by atoms with van der Waals surface area (Å²) in [5, 5.41) is 0. The number of nitrogens with zero attached hydrogens (tertiary/aromatic N) is 4. The zero-order valence-corrected chi connectivity index (χ0v) is 22.0. The first kappa shape index (κ1) is 24.4. The largest absolute Gasteiger partial charge is 0.444 e. The van der Waals surface area contributed by atoms with Crippen molar-refractivity contribution in [2.75, 3.05) is 37.8 Å². The van der Waals surface area contributed by atoms with Crippen LogP contribution in [0.1, 0.15) is 57.4 Å². The third kappa shape index (κ3) is 5.31. The topological polar surface area (TPSA) is 79.1 Å². The second-order valence-electron chi connectivity index (χ2n) is 11.0. The fraction of sp³-hybridized carbons (Fsp3) is 0.654. The predicted molar refractivity (Wildman–Crippen MR) is 136 cm³/mol. The number of aromatic nitrogens is 1. The highest BCUT2D eigenvalue weighted by Crippen LogP contribution is 2.34. The van der Waals surface area contributed by atoms with Crippen molar-refractivity contribution in [3.05, 3.63) is 29.7 Å². The molecule has 3 aliphatic heterocycles. The molecule has 2 unspecified atom stereocenters. The molecule has 2 amide bonds. The number of ether oxygens (including phenoxy) is 1. The van der Waals surface area contributed by atoms with Crippen LogP contribution in [0.3, 0.4) is 0 Å². The lowest BCUT2D eigenvalue weighted by Crippen LogP contribution is -2.48. The normalized spacial score (nSPS) is 24.5. The quantitative estimate of drug-likeness (QED) is 0.624. The molecule has 3 saturated heterocycles. The van der Waals surface area contributed by atoms with E-state index in [1.807, 2.05) is 31.7 Å². The number of oxazole rings is 1. The molecule has 190 valence electrons. The van der Waals surface area contributed by atoms with Crippen molar-refractivity contribution < 1.29 is 18.7 Å². The zero-order chi connectivity index (χ0) is 24.7. The number of rotatable bonds is 3. The monoisotopic (exact) mass is 500 g/mol. The second-order valence-corrected chi connectivity index (χ2v) is 12.1. The number of likely N-dealkylation sites (tertiary alicyclic amines) is 2. The Kier molecular flexibility index (Phi) is 6.74. The van der Waals surface area contributed by atoms with Gasteiger partial charge in [0, 0.05) is 30.8 Å². The molecule has 35 heavy (non-hydrogen) atoms. The number of aryl methyl sites for hydroxylation is 1. The van der Waals surface area contributed by atoms with Crippen LogP contribution in [-0.4, -0.2) is 87.2 Å². The standard InChI is InChI=1S/C26H36N4O4S/c1-17-5-6-22-20(13-17)27-23(33-22)18-7-9-28(10-8-18)19-14-21(24(31)29-11-12-35-16-29)30(15-19)25(32)34-26(2,3)4/h5-6,13,18-19,21H,7-12,14-16H2,1-4H3. The number of fused-ring (bicyclic) bond motifs is 1. The van der Waals surface area contributed by atoms with Crippen molar-refractivity contribution >= 4 is 34.9 Å². The minimum absolute atomic E-state index is 0.0556. The molecule has 5 rings (SSSR count). The molecule has 0 radical (unpaired) electrons. The minimum atomic E-state index is -0.595. The number of carbonyl (C=O) groups excluding carboxylic acids is 2. The highest BCUT2D eigenvalue weighted by molar-refractivity contribution is 7.99. The van der Waals surface area contributed by atoms with Gasteiger partial charge >= 0.3 is 6.09 Å². The summed E-state index contributed by atoms with van der Waals surface area (Å²) in [5.74, 6) is 2.84. The van der Waals surface area contributed by atoms with Crippen LogP contribution >= 0.6 is 11.8 Å². The van der Waals surface area contributed by atoms with E-state index < -0.39 is 11.6 Å². The molecule has 0 bridgehead atoms. The van der Waals surface area contributed by atoms with Gasteiger partial charge in [-0.15, -0.1) is 11.8 Å². The van der Waals surface area contributed by atoms with E-state index in [4.69, 9.17) is 14.1 Å². The molecule has 0 spiro atoms. The van der Waals surface area contributed by atoms with Gasteiger partial charge in [0.05, 0.1) is 5.88 Å².